The van der Waals surface area contributed by atoms with Crippen molar-refractivity contribution < 1.29 is 9.59 Å². The van der Waals surface area contributed by atoms with Gasteiger partial charge in [-0.25, -0.2) is 10.2 Å². The molecule has 5 heteroatoms. The molecule has 1 fully saturated rings. The van der Waals surface area contributed by atoms with Crippen molar-refractivity contribution in [1.82, 2.24) is 16.2 Å². The molecule has 0 unspecified atom stereocenters. The highest BCUT2D eigenvalue weighted by atomic mass is 16.2. The molecule has 1 aromatic carbocycles. The molecule has 5 nitrogen and oxygen atoms in total. The number of aryl methyl sites for hydroxylation is 1. The number of hydrogen-bond donors (Lipinski definition) is 3. The zero-order valence-electron chi connectivity index (χ0n) is 11.7. The molecular weight excluding hydrogens is 254 g/mol. The summed E-state index contributed by atoms with van der Waals surface area (Å²) in [4.78, 5) is 23.6. The van der Waals surface area contributed by atoms with Crippen molar-refractivity contribution >= 4 is 11.9 Å². The van der Waals surface area contributed by atoms with Crippen LogP contribution in [-0.4, -0.2) is 18.0 Å². The van der Waals surface area contributed by atoms with Crippen LogP contribution < -0.4 is 16.2 Å². The van der Waals surface area contributed by atoms with Gasteiger partial charge in [0, 0.05) is 11.6 Å². The fourth-order valence-corrected chi connectivity index (χ4v) is 2.48. The van der Waals surface area contributed by atoms with Crippen LogP contribution in [0.1, 0.15) is 48.0 Å². The van der Waals surface area contributed by atoms with E-state index in [1.165, 1.54) is 6.42 Å². The van der Waals surface area contributed by atoms with Crippen LogP contribution >= 0.6 is 0 Å². The van der Waals surface area contributed by atoms with Gasteiger partial charge in [-0.05, 0) is 31.4 Å². The number of benzene rings is 1. The second-order valence-electron chi connectivity index (χ2n) is 5.20. The Morgan fingerprint density at radius 3 is 2.45 bits per heavy atom. The second kappa shape index (κ2) is 6.93. The minimum absolute atomic E-state index is 0.221. The molecule has 0 saturated heterocycles. The summed E-state index contributed by atoms with van der Waals surface area (Å²) in [6.07, 6.45) is 5.57. The number of hydrogen-bond acceptors (Lipinski definition) is 2. The largest absolute Gasteiger partial charge is 0.334 e. The van der Waals surface area contributed by atoms with Crippen molar-refractivity contribution in [3.8, 4) is 0 Å². The molecule has 1 aliphatic carbocycles. The van der Waals surface area contributed by atoms with E-state index in [1.54, 1.807) is 12.1 Å². The molecule has 108 valence electrons. The van der Waals surface area contributed by atoms with Crippen LogP contribution in [-0.2, 0) is 0 Å². The zero-order chi connectivity index (χ0) is 14.4. The van der Waals surface area contributed by atoms with Crippen LogP contribution in [0.25, 0.3) is 0 Å². The fraction of sp³-hybridized carbons (Fsp3) is 0.467. The lowest BCUT2D eigenvalue weighted by molar-refractivity contribution is 0.0935. The molecule has 2 rings (SSSR count). The Morgan fingerprint density at radius 1 is 1.05 bits per heavy atom. The predicted molar refractivity (Wildman–Crippen MR) is 77.2 cm³/mol. The molecule has 0 bridgehead atoms. The Labute approximate surface area is 119 Å². The summed E-state index contributed by atoms with van der Waals surface area (Å²) in [6.45, 7) is 1.86. The van der Waals surface area contributed by atoms with Crippen molar-refractivity contribution in [2.75, 3.05) is 0 Å². The zero-order valence-corrected chi connectivity index (χ0v) is 11.7. The lowest BCUT2D eigenvalue weighted by Gasteiger charge is -2.22. The molecule has 1 aliphatic rings. The van der Waals surface area contributed by atoms with E-state index in [2.05, 4.69) is 16.2 Å². The van der Waals surface area contributed by atoms with Crippen LogP contribution in [0.15, 0.2) is 24.3 Å². The maximum atomic E-state index is 11.9. The van der Waals surface area contributed by atoms with Crippen LogP contribution in [0, 0.1) is 6.92 Å². The molecule has 3 N–H and O–H groups in total. The monoisotopic (exact) mass is 275 g/mol. The van der Waals surface area contributed by atoms with Crippen molar-refractivity contribution in [2.24, 2.45) is 0 Å². The highest BCUT2D eigenvalue weighted by molar-refractivity contribution is 5.96. The molecule has 1 aromatic rings. The van der Waals surface area contributed by atoms with Gasteiger partial charge in [0.2, 0.25) is 0 Å². The van der Waals surface area contributed by atoms with Crippen LogP contribution in [0.4, 0.5) is 4.79 Å². The van der Waals surface area contributed by atoms with Crippen LogP contribution in [0.2, 0.25) is 0 Å². The van der Waals surface area contributed by atoms with Gasteiger partial charge in [0.25, 0.3) is 5.91 Å². The van der Waals surface area contributed by atoms with E-state index in [4.69, 9.17) is 0 Å². The maximum Gasteiger partial charge on any atom is 0.333 e. The van der Waals surface area contributed by atoms with Crippen molar-refractivity contribution in [1.29, 1.82) is 0 Å². The summed E-state index contributed by atoms with van der Waals surface area (Å²) in [5.41, 5.74) is 6.27. The molecule has 1 saturated carbocycles. The van der Waals surface area contributed by atoms with E-state index < -0.39 is 0 Å². The molecule has 0 aromatic heterocycles. The third kappa shape index (κ3) is 3.98. The minimum Gasteiger partial charge on any atom is -0.334 e. The van der Waals surface area contributed by atoms with Gasteiger partial charge < -0.3 is 5.32 Å². The molecular formula is C15H21N3O2. The standard InChI is InChI=1S/C15H21N3O2/c1-11-7-5-6-10-13(11)14(19)17-18-15(20)16-12-8-3-2-4-9-12/h5-7,10,12H,2-4,8-9H2,1H3,(H,17,19)(H2,16,18,20). The lowest BCUT2D eigenvalue weighted by Crippen LogP contribution is -2.50. The van der Waals surface area contributed by atoms with Gasteiger partial charge in [0.05, 0.1) is 0 Å². The topological polar surface area (TPSA) is 70.2 Å². The van der Waals surface area contributed by atoms with Crippen molar-refractivity contribution in [2.45, 2.75) is 45.1 Å². The Bertz CT molecular complexity index is 482. The minimum atomic E-state index is -0.348. The quantitative estimate of drug-likeness (QED) is 0.725. The third-order valence-corrected chi connectivity index (χ3v) is 3.62. The van der Waals surface area contributed by atoms with Gasteiger partial charge in [-0.15, -0.1) is 0 Å². The van der Waals surface area contributed by atoms with Crippen LogP contribution in [0.3, 0.4) is 0 Å². The first-order valence-corrected chi connectivity index (χ1v) is 7.09. The van der Waals surface area contributed by atoms with E-state index in [0.29, 0.717) is 5.56 Å². The van der Waals surface area contributed by atoms with Gasteiger partial charge >= 0.3 is 6.03 Å². The molecule has 0 aliphatic heterocycles. The average molecular weight is 275 g/mol. The maximum absolute atomic E-state index is 11.9. The van der Waals surface area contributed by atoms with E-state index in [9.17, 15) is 9.59 Å². The number of urea groups is 1. The fourth-order valence-electron chi connectivity index (χ4n) is 2.48. The van der Waals surface area contributed by atoms with Gasteiger partial charge in [-0.2, -0.15) is 0 Å². The SMILES string of the molecule is Cc1ccccc1C(=O)NNC(=O)NC1CCCCC1. The smallest absolute Gasteiger partial charge is 0.333 e. The third-order valence-electron chi connectivity index (χ3n) is 3.62. The number of nitrogens with one attached hydrogen (secondary N) is 3. The number of carbonyl (C=O) groups is 2. The normalized spacial score (nSPS) is 15.4. The summed E-state index contributed by atoms with van der Waals surface area (Å²) in [5.74, 6) is -0.304. The molecule has 20 heavy (non-hydrogen) atoms. The first kappa shape index (κ1) is 14.4. The summed E-state index contributed by atoms with van der Waals surface area (Å²) in [5, 5.41) is 2.88. The van der Waals surface area contributed by atoms with E-state index in [1.807, 2.05) is 19.1 Å². The summed E-state index contributed by atoms with van der Waals surface area (Å²) < 4.78 is 0. The summed E-state index contributed by atoms with van der Waals surface area (Å²) in [7, 11) is 0. The summed E-state index contributed by atoms with van der Waals surface area (Å²) in [6, 6.07) is 7.12. The molecule has 0 heterocycles. The van der Waals surface area contributed by atoms with Gasteiger partial charge in [0.15, 0.2) is 0 Å². The molecule has 3 amide bonds. The average Bonchev–Trinajstić information content (AvgIpc) is 2.46. The highest BCUT2D eigenvalue weighted by Crippen LogP contribution is 2.17. The Morgan fingerprint density at radius 2 is 1.75 bits per heavy atom. The second-order valence-corrected chi connectivity index (χ2v) is 5.20. The first-order valence-electron chi connectivity index (χ1n) is 7.09. The van der Waals surface area contributed by atoms with Gasteiger partial charge in [-0.3, -0.25) is 10.2 Å². The Kier molecular flexibility index (Phi) is 4.98. The number of hydrazine groups is 1. The summed E-state index contributed by atoms with van der Waals surface area (Å²) >= 11 is 0. The van der Waals surface area contributed by atoms with Crippen molar-refractivity contribution in [3.05, 3.63) is 35.4 Å². The Hall–Kier alpha value is -2.04. The molecule has 0 radical (unpaired) electrons. The number of carbonyl (C=O) groups excluding carboxylic acids is 2. The number of rotatable bonds is 2. The number of amides is 3. The predicted octanol–water partition coefficient (Wildman–Crippen LogP) is 2.27. The Balaban J connectivity index is 1.78. The lowest BCUT2D eigenvalue weighted by atomic mass is 9.96. The van der Waals surface area contributed by atoms with Gasteiger partial charge in [-0.1, -0.05) is 37.5 Å². The molecule has 0 atom stereocenters. The van der Waals surface area contributed by atoms with Crippen LogP contribution in [0.5, 0.6) is 0 Å². The first-order chi connectivity index (χ1) is 9.66. The van der Waals surface area contributed by atoms with Crippen molar-refractivity contribution in [3.63, 3.8) is 0 Å². The van der Waals surface area contributed by atoms with Gasteiger partial charge in [0.1, 0.15) is 0 Å². The molecule has 0 spiro atoms. The van der Waals surface area contributed by atoms with E-state index >= 15 is 0 Å². The highest BCUT2D eigenvalue weighted by Gasteiger charge is 2.16. The van der Waals surface area contributed by atoms with E-state index in [0.717, 1.165) is 31.2 Å². The van der Waals surface area contributed by atoms with E-state index in [-0.39, 0.29) is 18.0 Å².